The van der Waals surface area contributed by atoms with Crippen molar-refractivity contribution in [3.05, 3.63) is 0 Å². The molecule has 0 aromatic rings. The Morgan fingerprint density at radius 1 is 1.24 bits per heavy atom. The average molecular weight is 301 g/mol. The third-order valence-electron chi connectivity index (χ3n) is 3.61. The van der Waals surface area contributed by atoms with E-state index < -0.39 is 11.7 Å². The Balaban J connectivity index is 2.51. The van der Waals surface area contributed by atoms with Crippen LogP contribution in [0.1, 0.15) is 46.5 Å². The van der Waals surface area contributed by atoms with Crippen LogP contribution in [-0.2, 0) is 14.3 Å². The number of methoxy groups -OCH3 is 1. The van der Waals surface area contributed by atoms with Gasteiger partial charge >= 0.3 is 12.1 Å². The summed E-state index contributed by atoms with van der Waals surface area (Å²) in [6.07, 6.45) is 1.20. The number of hydrogen-bond donors (Lipinski definition) is 1. The smallest absolute Gasteiger partial charge is 0.410 e. The van der Waals surface area contributed by atoms with E-state index in [0.29, 0.717) is 38.8 Å². The number of carbonyl (C=O) groups is 2. The minimum absolute atomic E-state index is 0.0107. The molecule has 122 valence electrons. The van der Waals surface area contributed by atoms with Gasteiger partial charge in [0, 0.05) is 19.5 Å². The molecule has 0 aromatic carbocycles. The van der Waals surface area contributed by atoms with Crippen LogP contribution < -0.4 is 0 Å². The Labute approximate surface area is 126 Å². The van der Waals surface area contributed by atoms with Crippen molar-refractivity contribution in [3.8, 4) is 0 Å². The first-order valence-electron chi connectivity index (χ1n) is 7.45. The summed E-state index contributed by atoms with van der Waals surface area (Å²) in [4.78, 5) is 24.9. The minimum atomic E-state index is -0.522. The SMILES string of the molecule is COC(=O)CC[C@H]1CCN(C(=O)OC(C)(C)C)CC[C@H]1O. The maximum Gasteiger partial charge on any atom is 0.410 e. The van der Waals surface area contributed by atoms with E-state index >= 15 is 0 Å². The van der Waals surface area contributed by atoms with Crippen molar-refractivity contribution in [2.24, 2.45) is 5.92 Å². The predicted octanol–water partition coefficient (Wildman–Crippen LogP) is 1.95. The van der Waals surface area contributed by atoms with Gasteiger partial charge in [0.15, 0.2) is 0 Å². The molecule has 1 aliphatic heterocycles. The Kier molecular flexibility index (Phi) is 6.45. The van der Waals surface area contributed by atoms with Crippen molar-refractivity contribution < 1.29 is 24.2 Å². The van der Waals surface area contributed by atoms with Gasteiger partial charge in [-0.25, -0.2) is 4.79 Å². The van der Waals surface area contributed by atoms with E-state index in [1.165, 1.54) is 7.11 Å². The number of nitrogens with zero attached hydrogens (tertiary/aromatic N) is 1. The molecule has 1 rings (SSSR count). The highest BCUT2D eigenvalue weighted by molar-refractivity contribution is 5.69. The van der Waals surface area contributed by atoms with E-state index in [0.717, 1.165) is 0 Å². The van der Waals surface area contributed by atoms with E-state index in [1.54, 1.807) is 4.90 Å². The zero-order chi connectivity index (χ0) is 16.0. The van der Waals surface area contributed by atoms with Gasteiger partial charge in [0.1, 0.15) is 5.60 Å². The first-order chi connectivity index (χ1) is 9.73. The van der Waals surface area contributed by atoms with Gasteiger partial charge in [0.05, 0.1) is 13.2 Å². The van der Waals surface area contributed by atoms with Crippen molar-refractivity contribution in [2.45, 2.75) is 58.2 Å². The maximum atomic E-state index is 12.0. The number of amides is 1. The van der Waals surface area contributed by atoms with Crippen LogP contribution in [0, 0.1) is 5.92 Å². The molecule has 6 nitrogen and oxygen atoms in total. The van der Waals surface area contributed by atoms with Crippen LogP contribution in [0.2, 0.25) is 0 Å². The lowest BCUT2D eigenvalue weighted by Gasteiger charge is -2.26. The molecule has 2 atom stereocenters. The Morgan fingerprint density at radius 3 is 2.43 bits per heavy atom. The summed E-state index contributed by atoms with van der Waals surface area (Å²) in [5.41, 5.74) is -0.522. The summed E-state index contributed by atoms with van der Waals surface area (Å²) in [6, 6.07) is 0. The van der Waals surface area contributed by atoms with Crippen molar-refractivity contribution in [3.63, 3.8) is 0 Å². The van der Waals surface area contributed by atoms with Gasteiger partial charge in [0.25, 0.3) is 0 Å². The summed E-state index contributed by atoms with van der Waals surface area (Å²) in [5.74, 6) is -0.257. The van der Waals surface area contributed by atoms with Gasteiger partial charge < -0.3 is 19.5 Å². The van der Waals surface area contributed by atoms with Crippen molar-refractivity contribution >= 4 is 12.1 Å². The topological polar surface area (TPSA) is 76.1 Å². The molecule has 0 unspecified atom stereocenters. The zero-order valence-electron chi connectivity index (χ0n) is 13.4. The summed E-state index contributed by atoms with van der Waals surface area (Å²) in [7, 11) is 1.36. The Hall–Kier alpha value is -1.30. The quantitative estimate of drug-likeness (QED) is 0.806. The first kappa shape index (κ1) is 17.8. The summed E-state index contributed by atoms with van der Waals surface area (Å²) in [6.45, 7) is 6.51. The molecular formula is C15H27NO5. The van der Waals surface area contributed by atoms with Crippen LogP contribution in [0.4, 0.5) is 4.79 Å². The molecule has 1 N–H and O–H groups in total. The third kappa shape index (κ3) is 6.33. The third-order valence-corrected chi connectivity index (χ3v) is 3.61. The lowest BCUT2D eigenvalue weighted by atomic mass is 9.92. The summed E-state index contributed by atoms with van der Waals surface area (Å²) in [5, 5.41) is 10.1. The first-order valence-corrected chi connectivity index (χ1v) is 7.45. The Bertz CT molecular complexity index is 364. The number of hydrogen-bond acceptors (Lipinski definition) is 5. The molecule has 1 aliphatic rings. The largest absolute Gasteiger partial charge is 0.469 e. The summed E-state index contributed by atoms with van der Waals surface area (Å²) >= 11 is 0. The second kappa shape index (κ2) is 7.64. The van der Waals surface area contributed by atoms with E-state index in [4.69, 9.17) is 4.74 Å². The highest BCUT2D eigenvalue weighted by atomic mass is 16.6. The minimum Gasteiger partial charge on any atom is -0.469 e. The van der Waals surface area contributed by atoms with Gasteiger partial charge in [-0.2, -0.15) is 0 Å². The van der Waals surface area contributed by atoms with Gasteiger partial charge in [0.2, 0.25) is 0 Å². The number of esters is 1. The van der Waals surface area contributed by atoms with Crippen LogP contribution in [0.3, 0.4) is 0 Å². The highest BCUT2D eigenvalue weighted by Gasteiger charge is 2.29. The normalized spacial score (nSPS) is 23.4. The predicted molar refractivity (Wildman–Crippen MR) is 77.8 cm³/mol. The molecule has 21 heavy (non-hydrogen) atoms. The lowest BCUT2D eigenvalue weighted by Crippen LogP contribution is -2.37. The lowest BCUT2D eigenvalue weighted by molar-refractivity contribution is -0.141. The van der Waals surface area contributed by atoms with Crippen LogP contribution in [0.15, 0.2) is 0 Å². The fraction of sp³-hybridized carbons (Fsp3) is 0.867. The standard InChI is InChI=1S/C15H27NO5/c1-15(2,3)21-14(19)16-9-7-11(12(17)8-10-16)5-6-13(18)20-4/h11-12,17H,5-10H2,1-4H3/t11-,12+/m0/s1. The van der Waals surface area contributed by atoms with E-state index in [9.17, 15) is 14.7 Å². The molecule has 0 aliphatic carbocycles. The monoisotopic (exact) mass is 301 g/mol. The number of likely N-dealkylation sites (tertiary alicyclic amines) is 1. The molecule has 1 fully saturated rings. The fourth-order valence-electron chi connectivity index (χ4n) is 2.40. The van der Waals surface area contributed by atoms with Crippen LogP contribution in [0.5, 0.6) is 0 Å². The number of carbonyl (C=O) groups excluding carboxylic acids is 2. The van der Waals surface area contributed by atoms with Crippen LogP contribution >= 0.6 is 0 Å². The number of rotatable bonds is 3. The maximum absolute atomic E-state index is 12.0. The fourth-order valence-corrected chi connectivity index (χ4v) is 2.40. The highest BCUT2D eigenvalue weighted by Crippen LogP contribution is 2.24. The van der Waals surface area contributed by atoms with Crippen molar-refractivity contribution in [1.82, 2.24) is 4.90 Å². The molecule has 6 heteroatoms. The molecule has 0 bridgehead atoms. The van der Waals surface area contributed by atoms with E-state index in [2.05, 4.69) is 4.74 Å². The molecule has 0 aromatic heterocycles. The molecule has 0 radical (unpaired) electrons. The number of aliphatic hydroxyl groups excluding tert-OH is 1. The Morgan fingerprint density at radius 2 is 1.86 bits per heavy atom. The van der Waals surface area contributed by atoms with E-state index in [-0.39, 0.29) is 18.0 Å². The second-order valence-corrected chi connectivity index (χ2v) is 6.49. The molecule has 1 amide bonds. The van der Waals surface area contributed by atoms with Crippen molar-refractivity contribution in [2.75, 3.05) is 20.2 Å². The van der Waals surface area contributed by atoms with E-state index in [1.807, 2.05) is 20.8 Å². The summed E-state index contributed by atoms with van der Waals surface area (Å²) < 4.78 is 9.97. The number of ether oxygens (including phenoxy) is 2. The molecule has 1 heterocycles. The number of aliphatic hydroxyl groups is 1. The van der Waals surface area contributed by atoms with Gasteiger partial charge in [-0.15, -0.1) is 0 Å². The van der Waals surface area contributed by atoms with Crippen LogP contribution in [0.25, 0.3) is 0 Å². The molecule has 1 saturated heterocycles. The van der Waals surface area contributed by atoms with Gasteiger partial charge in [-0.1, -0.05) is 0 Å². The average Bonchev–Trinajstić information content (AvgIpc) is 2.56. The molecular weight excluding hydrogens is 274 g/mol. The van der Waals surface area contributed by atoms with Gasteiger partial charge in [-0.05, 0) is 46.0 Å². The molecule has 0 saturated carbocycles. The second-order valence-electron chi connectivity index (χ2n) is 6.49. The molecule has 0 spiro atoms. The van der Waals surface area contributed by atoms with Gasteiger partial charge in [-0.3, -0.25) is 4.79 Å². The zero-order valence-corrected chi connectivity index (χ0v) is 13.4. The van der Waals surface area contributed by atoms with Crippen molar-refractivity contribution in [1.29, 1.82) is 0 Å². The van der Waals surface area contributed by atoms with Crippen LogP contribution in [-0.4, -0.2) is 54.0 Å².